The normalized spacial score (nSPS) is 40.3. The third-order valence-corrected chi connectivity index (χ3v) is 8.38. The molecule has 22 heteroatoms. The standard InChI is InChI=1S/C18H35N3O13.C9H20N2O.FH2P.V/c19-7-12(27)14(5(2-23)30-16(7)29)33-18-9(21)13(28)15(6(3-24)32-18)34-17-8(20)11(26)10(25)4(1-22)31-17;1-3-5-8(10)6-9(4-2)11-7-12;1-2;/h4-18,22-29H,1-3,19-21H2;7-9H,3-6,10H2,1-2H3,(H,11,12);2H2;. The Morgan fingerprint density at radius 1 is 0.776 bits per heavy atom. The van der Waals surface area contributed by atoms with Gasteiger partial charge in [0.15, 0.2) is 18.9 Å². The third-order valence-electron chi connectivity index (χ3n) is 8.38. The Labute approximate surface area is 299 Å². The molecule has 3 heterocycles. The number of aliphatic hydroxyl groups is 8. The number of rotatable bonds is 14. The van der Waals surface area contributed by atoms with Crippen LogP contribution in [0.15, 0.2) is 0 Å². The Kier molecular flexibility index (Phi) is 24.7. The molecular weight excluding hydrogens is 719 g/mol. The first-order chi connectivity index (χ1) is 22.8. The maximum absolute atomic E-state index is 10.8. The summed E-state index contributed by atoms with van der Waals surface area (Å²) in [5.74, 6) is 0. The zero-order chi connectivity index (χ0) is 36.7. The zero-order valence-corrected chi connectivity index (χ0v) is 30.1. The SMILES string of the molecule is CCCC(N)CC(CC)NC=O.FP.NC1C(OC2C(CO)OC(OC3C(CO)OC(O)C(N)C3O)C(N)C2O)OC(CO)C(O)C1O.[V]. The van der Waals surface area contributed by atoms with Crippen molar-refractivity contribution in [2.75, 3.05) is 19.8 Å². The summed E-state index contributed by atoms with van der Waals surface area (Å²) in [5.41, 5.74) is 23.4. The molecule has 0 bridgehead atoms. The van der Waals surface area contributed by atoms with Gasteiger partial charge in [0.2, 0.25) is 6.41 Å². The molecule has 17 N–H and O–H groups in total. The van der Waals surface area contributed by atoms with E-state index in [-0.39, 0.29) is 30.6 Å². The van der Waals surface area contributed by atoms with Crippen molar-refractivity contribution in [2.24, 2.45) is 22.9 Å². The molecule has 3 saturated heterocycles. The second kappa shape index (κ2) is 24.9. The second-order valence-electron chi connectivity index (χ2n) is 11.8. The number of ether oxygens (including phenoxy) is 5. The van der Waals surface area contributed by atoms with Gasteiger partial charge in [-0.3, -0.25) is 4.79 Å². The fourth-order valence-corrected chi connectivity index (χ4v) is 5.49. The molecule has 0 aromatic carbocycles. The summed E-state index contributed by atoms with van der Waals surface area (Å²) in [7, 11) is 0.917. The van der Waals surface area contributed by atoms with Crippen LogP contribution in [0.1, 0.15) is 39.5 Å². The molecule has 1 amide bonds. The molecule has 3 aliphatic rings. The van der Waals surface area contributed by atoms with E-state index in [0.717, 1.165) is 41.6 Å². The molecule has 3 aliphatic heterocycles. The summed E-state index contributed by atoms with van der Waals surface area (Å²) in [5, 5.41) is 82.4. The molecule has 3 fully saturated rings. The minimum atomic E-state index is -1.56. The van der Waals surface area contributed by atoms with E-state index in [9.17, 15) is 49.8 Å². The summed E-state index contributed by atoms with van der Waals surface area (Å²) >= 11 is 0. The van der Waals surface area contributed by atoms with Crippen LogP contribution in [0.4, 0.5) is 4.20 Å². The Balaban J connectivity index is 0.00000130. The maximum Gasteiger partial charge on any atom is 0.207 e. The van der Waals surface area contributed by atoms with E-state index in [0.29, 0.717) is 0 Å². The van der Waals surface area contributed by atoms with E-state index < -0.39 is 112 Å². The molecule has 19 nitrogen and oxygen atoms in total. The van der Waals surface area contributed by atoms with Crippen LogP contribution in [0.3, 0.4) is 0 Å². The average Bonchev–Trinajstić information content (AvgIpc) is 3.08. The number of nitrogens with two attached hydrogens (primary N) is 4. The topological polar surface area (TPSA) is 341 Å². The minimum absolute atomic E-state index is 0. The van der Waals surface area contributed by atoms with Gasteiger partial charge in [-0.2, -0.15) is 0 Å². The molecule has 18 atom stereocenters. The van der Waals surface area contributed by atoms with Gasteiger partial charge in [-0.25, -0.2) is 4.20 Å². The summed E-state index contributed by atoms with van der Waals surface area (Å²) in [4.78, 5) is 10.2. The van der Waals surface area contributed by atoms with Crippen molar-refractivity contribution < 1.29 is 92.1 Å². The Hall–Kier alpha value is -0.266. The van der Waals surface area contributed by atoms with Crippen LogP contribution >= 0.6 is 9.55 Å². The van der Waals surface area contributed by atoms with Gasteiger partial charge in [-0.05, 0) is 19.3 Å². The van der Waals surface area contributed by atoms with E-state index >= 15 is 0 Å². The van der Waals surface area contributed by atoms with Gasteiger partial charge in [0.25, 0.3) is 0 Å². The smallest absolute Gasteiger partial charge is 0.207 e. The molecule has 1 radical (unpaired) electrons. The molecule has 0 aliphatic carbocycles. The first-order valence-corrected chi connectivity index (χ1v) is 16.2. The third kappa shape index (κ3) is 13.6. The predicted octanol–water partition coefficient (Wildman–Crippen LogP) is -5.90. The molecule has 18 unspecified atom stereocenters. The minimum Gasteiger partial charge on any atom is -0.394 e. The fraction of sp³-hybridized carbons (Fsp3) is 0.963. The molecule has 0 aromatic rings. The van der Waals surface area contributed by atoms with Gasteiger partial charge in [-0.1, -0.05) is 20.3 Å². The molecule has 49 heavy (non-hydrogen) atoms. The summed E-state index contributed by atoms with van der Waals surface area (Å²) in [6, 6.07) is -3.39. The number of carbonyl (C=O) groups excluding carboxylic acids is 1. The van der Waals surface area contributed by atoms with Gasteiger partial charge in [0.1, 0.15) is 54.9 Å². The van der Waals surface area contributed by atoms with Crippen LogP contribution in [-0.2, 0) is 47.0 Å². The van der Waals surface area contributed by atoms with Crippen LogP contribution in [0.25, 0.3) is 0 Å². The largest absolute Gasteiger partial charge is 0.394 e. The van der Waals surface area contributed by atoms with Crippen molar-refractivity contribution in [3.05, 3.63) is 0 Å². The van der Waals surface area contributed by atoms with Gasteiger partial charge in [0.05, 0.1) is 47.5 Å². The maximum atomic E-state index is 10.8. The molecular formula is C27H57FN5O14PV. The van der Waals surface area contributed by atoms with Crippen molar-refractivity contribution in [3.8, 4) is 0 Å². The number of amides is 1. The van der Waals surface area contributed by atoms with Crippen molar-refractivity contribution in [1.82, 2.24) is 5.32 Å². The number of nitrogens with one attached hydrogen (secondary N) is 1. The van der Waals surface area contributed by atoms with Gasteiger partial charge in [-0.15, -0.1) is 0 Å². The van der Waals surface area contributed by atoms with Crippen molar-refractivity contribution in [3.63, 3.8) is 0 Å². The van der Waals surface area contributed by atoms with E-state index in [1.165, 1.54) is 0 Å². The first-order valence-electron chi connectivity index (χ1n) is 15.7. The first kappa shape index (κ1) is 48.7. The molecule has 0 aromatic heterocycles. The molecule has 0 spiro atoms. The number of carbonyl (C=O) groups is 1. The van der Waals surface area contributed by atoms with Crippen LogP contribution < -0.4 is 28.3 Å². The molecule has 291 valence electrons. The molecule has 0 saturated carbocycles. The van der Waals surface area contributed by atoms with Crippen molar-refractivity contribution in [2.45, 2.75) is 144 Å². The van der Waals surface area contributed by atoms with Gasteiger partial charge < -0.3 is 92.8 Å². The second-order valence-corrected chi connectivity index (χ2v) is 11.8. The Morgan fingerprint density at radius 3 is 1.67 bits per heavy atom. The summed E-state index contributed by atoms with van der Waals surface area (Å²) in [6.45, 7) is 2.17. The van der Waals surface area contributed by atoms with Crippen molar-refractivity contribution >= 4 is 16.0 Å². The zero-order valence-electron chi connectivity index (χ0n) is 27.6. The van der Waals surface area contributed by atoms with Crippen molar-refractivity contribution in [1.29, 1.82) is 0 Å². The van der Waals surface area contributed by atoms with E-state index in [1.54, 1.807) is 0 Å². The Bertz CT molecular complexity index is 887. The monoisotopic (exact) mass is 776 g/mol. The van der Waals surface area contributed by atoms with E-state index in [1.807, 2.05) is 0 Å². The summed E-state index contributed by atoms with van der Waals surface area (Å²) in [6.07, 6.45) is -12.0. The predicted molar refractivity (Wildman–Crippen MR) is 169 cm³/mol. The van der Waals surface area contributed by atoms with Crippen LogP contribution in [-0.4, -0.2) is 171 Å². The number of halogens is 1. The number of hydrogen-bond donors (Lipinski definition) is 13. The van der Waals surface area contributed by atoms with Crippen LogP contribution in [0, 0.1) is 0 Å². The van der Waals surface area contributed by atoms with E-state index in [4.69, 9.17) is 46.6 Å². The number of aliphatic hydroxyl groups excluding tert-OH is 8. The summed E-state index contributed by atoms with van der Waals surface area (Å²) < 4.78 is 36.8. The average molecular weight is 777 g/mol. The number of hydrogen-bond acceptors (Lipinski definition) is 18. The molecule has 3 rings (SSSR count). The fourth-order valence-electron chi connectivity index (χ4n) is 5.49. The van der Waals surface area contributed by atoms with Crippen LogP contribution in [0.2, 0.25) is 0 Å². The van der Waals surface area contributed by atoms with Crippen LogP contribution in [0.5, 0.6) is 0 Å². The van der Waals surface area contributed by atoms with Gasteiger partial charge in [0, 0.05) is 30.6 Å². The van der Waals surface area contributed by atoms with Gasteiger partial charge >= 0.3 is 0 Å². The quantitative estimate of drug-likeness (QED) is 0.0577. The van der Waals surface area contributed by atoms with E-state index in [2.05, 4.69) is 19.2 Å². The Morgan fingerprint density at radius 2 is 1.22 bits per heavy atom.